The van der Waals surface area contributed by atoms with Crippen LogP contribution in [0.5, 0.6) is 0 Å². The molecule has 1 N–H and O–H groups in total. The van der Waals surface area contributed by atoms with Gasteiger partial charge < -0.3 is 9.80 Å². The van der Waals surface area contributed by atoms with Crippen molar-refractivity contribution < 1.29 is 9.69 Å². The highest BCUT2D eigenvalue weighted by atomic mass is 32.1. The Labute approximate surface area is 169 Å². The Morgan fingerprint density at radius 3 is 2.71 bits per heavy atom. The lowest BCUT2D eigenvalue weighted by Gasteiger charge is -2.30. The van der Waals surface area contributed by atoms with Crippen molar-refractivity contribution in [3.05, 3.63) is 59.1 Å². The topological polar surface area (TPSA) is 37.6 Å². The molecular weight excluding hydrogens is 366 g/mol. The van der Waals surface area contributed by atoms with Gasteiger partial charge in [-0.15, -0.1) is 11.3 Å². The highest BCUT2D eigenvalue weighted by molar-refractivity contribution is 7.18. The molecule has 2 aliphatic rings. The summed E-state index contributed by atoms with van der Waals surface area (Å²) in [6.45, 7) is 4.87. The summed E-state index contributed by atoms with van der Waals surface area (Å²) in [5.41, 5.74) is 3.53. The van der Waals surface area contributed by atoms with Crippen LogP contribution in [-0.2, 0) is 11.2 Å². The number of nitrogens with one attached hydrogen (secondary N) is 1. The highest BCUT2D eigenvalue weighted by Gasteiger charge is 2.34. The van der Waals surface area contributed by atoms with Crippen LogP contribution in [0.1, 0.15) is 36.3 Å². The van der Waals surface area contributed by atoms with Crippen molar-refractivity contribution in [1.29, 1.82) is 0 Å². The standard InChI is InChI=1S/C23H25N3OS/c1-16-14-18-6-2-4-8-20(18)26(16)22(27)15-25-12-10-17(11-13-25)23-24-19-7-3-5-9-21(19)28-23/h2-9,16-17H,10-15H2,1H3/p+1/t16-/m1/s1. The second-order valence-corrected chi connectivity index (χ2v) is 9.23. The van der Waals surface area contributed by atoms with Crippen LogP contribution in [-0.4, -0.2) is 36.6 Å². The maximum atomic E-state index is 13.1. The van der Waals surface area contributed by atoms with Crippen molar-refractivity contribution >= 4 is 33.1 Å². The minimum Gasteiger partial charge on any atom is -0.327 e. The first kappa shape index (κ1) is 17.8. The minimum absolute atomic E-state index is 0.268. The van der Waals surface area contributed by atoms with Gasteiger partial charge in [-0.25, -0.2) is 4.98 Å². The van der Waals surface area contributed by atoms with Crippen LogP contribution < -0.4 is 9.80 Å². The number of para-hydroxylation sites is 2. The fourth-order valence-corrected chi connectivity index (χ4v) is 5.90. The Bertz CT molecular complexity index is 973. The van der Waals surface area contributed by atoms with E-state index in [0.717, 1.165) is 43.6 Å². The van der Waals surface area contributed by atoms with Gasteiger partial charge in [-0.2, -0.15) is 0 Å². The van der Waals surface area contributed by atoms with Crippen LogP contribution in [0, 0.1) is 0 Å². The van der Waals surface area contributed by atoms with E-state index in [0.29, 0.717) is 12.5 Å². The largest absolute Gasteiger partial charge is 0.327 e. The summed E-state index contributed by atoms with van der Waals surface area (Å²) in [4.78, 5) is 21.4. The number of quaternary nitrogens is 1. The van der Waals surface area contributed by atoms with E-state index in [1.54, 1.807) is 0 Å². The summed E-state index contributed by atoms with van der Waals surface area (Å²) in [5.74, 6) is 0.813. The number of fused-ring (bicyclic) bond motifs is 2. The van der Waals surface area contributed by atoms with Gasteiger partial charge in [0.25, 0.3) is 5.91 Å². The molecule has 3 heterocycles. The number of thiazole rings is 1. The summed E-state index contributed by atoms with van der Waals surface area (Å²) in [5, 5.41) is 1.27. The zero-order valence-electron chi connectivity index (χ0n) is 16.2. The molecule has 1 atom stereocenters. The molecule has 0 unspecified atom stereocenters. The van der Waals surface area contributed by atoms with Gasteiger partial charge in [-0.1, -0.05) is 30.3 Å². The molecular formula is C23H26N3OS+. The number of benzene rings is 2. The third kappa shape index (κ3) is 3.23. The number of hydrogen-bond acceptors (Lipinski definition) is 3. The maximum absolute atomic E-state index is 13.1. The van der Waals surface area contributed by atoms with Crippen molar-refractivity contribution in [3.8, 4) is 0 Å². The summed E-state index contributed by atoms with van der Waals surface area (Å²) in [7, 11) is 0. The monoisotopic (exact) mass is 392 g/mol. The zero-order valence-corrected chi connectivity index (χ0v) is 17.0. The van der Waals surface area contributed by atoms with Crippen molar-refractivity contribution in [2.45, 2.75) is 38.1 Å². The molecule has 1 aromatic heterocycles. The van der Waals surface area contributed by atoms with E-state index in [4.69, 9.17) is 4.98 Å². The van der Waals surface area contributed by atoms with Gasteiger partial charge in [-0.05, 0) is 37.1 Å². The lowest BCUT2D eigenvalue weighted by molar-refractivity contribution is -0.897. The van der Waals surface area contributed by atoms with Gasteiger partial charge in [0.1, 0.15) is 0 Å². The molecule has 1 saturated heterocycles. The fourth-order valence-electron chi connectivity index (χ4n) is 4.76. The second-order valence-electron chi connectivity index (χ2n) is 8.17. The Balaban J connectivity index is 1.22. The fraction of sp³-hybridized carbons (Fsp3) is 0.391. The number of rotatable bonds is 3. The number of likely N-dealkylation sites (tertiary alicyclic amines) is 1. The lowest BCUT2D eigenvalue weighted by Crippen LogP contribution is -3.14. The first-order valence-corrected chi connectivity index (χ1v) is 11.1. The molecule has 5 rings (SSSR count). The van der Waals surface area contributed by atoms with E-state index in [2.05, 4.69) is 49.4 Å². The van der Waals surface area contributed by atoms with Gasteiger partial charge in [-0.3, -0.25) is 4.79 Å². The van der Waals surface area contributed by atoms with E-state index in [1.807, 2.05) is 22.3 Å². The van der Waals surface area contributed by atoms with E-state index < -0.39 is 0 Å². The third-order valence-corrected chi connectivity index (χ3v) is 7.43. The van der Waals surface area contributed by atoms with Gasteiger partial charge in [0.15, 0.2) is 6.54 Å². The first-order chi connectivity index (χ1) is 13.7. The average molecular weight is 393 g/mol. The molecule has 0 bridgehead atoms. The van der Waals surface area contributed by atoms with Crippen molar-refractivity contribution in [2.75, 3.05) is 24.5 Å². The summed E-state index contributed by atoms with van der Waals surface area (Å²) in [6.07, 6.45) is 3.21. The molecule has 3 aromatic rings. The number of hydrogen-bond donors (Lipinski definition) is 1. The Morgan fingerprint density at radius 2 is 1.89 bits per heavy atom. The van der Waals surface area contributed by atoms with Crippen LogP contribution in [0.15, 0.2) is 48.5 Å². The van der Waals surface area contributed by atoms with Gasteiger partial charge in [0.05, 0.1) is 28.3 Å². The SMILES string of the molecule is C[C@@H]1Cc2ccccc2N1C(=O)C[NH+]1CCC(c2nc3ccccc3s2)CC1. The maximum Gasteiger partial charge on any atom is 0.282 e. The highest BCUT2D eigenvalue weighted by Crippen LogP contribution is 2.33. The normalized spacial score (nSPS) is 24.5. The van der Waals surface area contributed by atoms with E-state index in [1.165, 1.54) is 20.2 Å². The number of nitrogens with zero attached hydrogens (tertiary/aromatic N) is 2. The molecule has 28 heavy (non-hydrogen) atoms. The van der Waals surface area contributed by atoms with Crippen molar-refractivity contribution in [1.82, 2.24) is 4.98 Å². The summed E-state index contributed by atoms with van der Waals surface area (Å²) in [6, 6.07) is 17.0. The molecule has 0 spiro atoms. The molecule has 5 heteroatoms. The molecule has 1 fully saturated rings. The van der Waals surface area contributed by atoms with Gasteiger partial charge >= 0.3 is 0 Å². The van der Waals surface area contributed by atoms with E-state index in [-0.39, 0.29) is 11.9 Å². The Hall–Kier alpha value is -2.24. The number of piperidine rings is 1. The van der Waals surface area contributed by atoms with Crippen LogP contribution >= 0.6 is 11.3 Å². The van der Waals surface area contributed by atoms with E-state index >= 15 is 0 Å². The predicted molar refractivity (Wildman–Crippen MR) is 114 cm³/mol. The van der Waals surface area contributed by atoms with Crippen LogP contribution in [0.3, 0.4) is 0 Å². The van der Waals surface area contributed by atoms with Gasteiger partial charge in [0, 0.05) is 30.5 Å². The number of carbonyl (C=O) groups is 1. The third-order valence-electron chi connectivity index (χ3n) is 6.23. The zero-order chi connectivity index (χ0) is 19.1. The van der Waals surface area contributed by atoms with Crippen molar-refractivity contribution in [2.24, 2.45) is 0 Å². The molecule has 1 amide bonds. The summed E-state index contributed by atoms with van der Waals surface area (Å²) < 4.78 is 1.28. The smallest absolute Gasteiger partial charge is 0.282 e. The molecule has 4 nitrogen and oxygen atoms in total. The first-order valence-electron chi connectivity index (χ1n) is 10.3. The van der Waals surface area contributed by atoms with Crippen LogP contribution in [0.25, 0.3) is 10.2 Å². The van der Waals surface area contributed by atoms with Gasteiger partial charge in [0.2, 0.25) is 0 Å². The average Bonchev–Trinajstić information content (AvgIpc) is 3.28. The van der Waals surface area contributed by atoms with Crippen molar-refractivity contribution in [3.63, 3.8) is 0 Å². The molecule has 2 aliphatic heterocycles. The number of amides is 1. The second kappa shape index (κ2) is 7.30. The molecule has 144 valence electrons. The molecule has 0 aliphatic carbocycles. The lowest BCUT2D eigenvalue weighted by atomic mass is 9.97. The molecule has 0 radical (unpaired) electrons. The summed E-state index contributed by atoms with van der Waals surface area (Å²) >= 11 is 1.84. The quantitative estimate of drug-likeness (QED) is 0.744. The Morgan fingerprint density at radius 1 is 1.14 bits per heavy atom. The van der Waals surface area contributed by atoms with Crippen LogP contribution in [0.4, 0.5) is 5.69 Å². The van der Waals surface area contributed by atoms with Crippen LogP contribution in [0.2, 0.25) is 0 Å². The molecule has 0 saturated carbocycles. The molecule has 2 aromatic carbocycles. The minimum atomic E-state index is 0.268. The Kier molecular flexibility index (Phi) is 4.65. The number of carbonyl (C=O) groups excluding carboxylic acids is 1. The number of anilines is 1. The van der Waals surface area contributed by atoms with E-state index in [9.17, 15) is 4.79 Å². The predicted octanol–water partition coefficient (Wildman–Crippen LogP) is 3.04. The number of aromatic nitrogens is 1.